The first-order chi connectivity index (χ1) is 12.8. The molecule has 27 heavy (non-hydrogen) atoms. The van der Waals surface area contributed by atoms with Crippen LogP contribution in [0.3, 0.4) is 0 Å². The fraction of sp³-hybridized carbons (Fsp3) is 0.300. The molecule has 0 fully saturated rings. The quantitative estimate of drug-likeness (QED) is 0.669. The van der Waals surface area contributed by atoms with E-state index in [4.69, 9.17) is 0 Å². The van der Waals surface area contributed by atoms with Crippen molar-refractivity contribution < 1.29 is 18.0 Å². The monoisotopic (exact) mass is 388 g/mol. The lowest BCUT2D eigenvalue weighted by atomic mass is 10.0. The van der Waals surface area contributed by atoms with Gasteiger partial charge in [0.25, 0.3) is 0 Å². The molecule has 0 heterocycles. The number of Topliss-reactive ketones (excluding diaryl/α,β-unsaturated/α-hetero) is 1. The number of aryl methyl sites for hydroxylation is 1. The minimum atomic E-state index is -3.54. The predicted molar refractivity (Wildman–Crippen MR) is 106 cm³/mol. The van der Waals surface area contributed by atoms with E-state index >= 15 is 0 Å². The molecule has 0 aliphatic rings. The van der Waals surface area contributed by atoms with E-state index in [9.17, 15) is 18.0 Å². The molecule has 0 unspecified atom stereocenters. The van der Waals surface area contributed by atoms with Gasteiger partial charge in [0.15, 0.2) is 5.78 Å². The van der Waals surface area contributed by atoms with Gasteiger partial charge >= 0.3 is 0 Å². The summed E-state index contributed by atoms with van der Waals surface area (Å²) in [6.07, 6.45) is 0.120. The minimum Gasteiger partial charge on any atom is -0.355 e. The summed E-state index contributed by atoms with van der Waals surface area (Å²) < 4.78 is 25.8. The Bertz CT molecular complexity index is 895. The SMILES string of the molecule is Cc1ccccc1C(=O)CCC(=O)NCCS(=O)(=O)N(C)c1ccccc1. The van der Waals surface area contributed by atoms with Crippen LogP contribution in [0.15, 0.2) is 54.6 Å². The Morgan fingerprint density at radius 1 is 0.963 bits per heavy atom. The third-order valence-electron chi connectivity index (χ3n) is 4.24. The number of carbonyl (C=O) groups excluding carboxylic acids is 2. The van der Waals surface area contributed by atoms with Crippen molar-refractivity contribution in [3.63, 3.8) is 0 Å². The summed E-state index contributed by atoms with van der Waals surface area (Å²) in [5.41, 5.74) is 2.04. The average Bonchev–Trinajstić information content (AvgIpc) is 2.66. The minimum absolute atomic E-state index is 0.00308. The highest BCUT2D eigenvalue weighted by Crippen LogP contribution is 2.15. The number of nitrogens with one attached hydrogen (secondary N) is 1. The molecule has 0 aromatic heterocycles. The van der Waals surface area contributed by atoms with Gasteiger partial charge in [-0.2, -0.15) is 0 Å². The highest BCUT2D eigenvalue weighted by Gasteiger charge is 2.18. The van der Waals surface area contributed by atoms with Gasteiger partial charge in [0.2, 0.25) is 15.9 Å². The van der Waals surface area contributed by atoms with E-state index in [1.807, 2.05) is 25.1 Å². The number of hydrogen-bond donors (Lipinski definition) is 1. The van der Waals surface area contributed by atoms with E-state index in [0.717, 1.165) is 5.56 Å². The van der Waals surface area contributed by atoms with Crippen molar-refractivity contribution in [3.8, 4) is 0 Å². The highest BCUT2D eigenvalue weighted by molar-refractivity contribution is 7.92. The Labute approximate surface area is 160 Å². The Morgan fingerprint density at radius 3 is 2.26 bits per heavy atom. The third kappa shape index (κ3) is 5.92. The molecule has 0 saturated carbocycles. The molecule has 0 spiro atoms. The van der Waals surface area contributed by atoms with Crippen molar-refractivity contribution in [3.05, 3.63) is 65.7 Å². The second-order valence-corrected chi connectivity index (χ2v) is 8.33. The lowest BCUT2D eigenvalue weighted by Gasteiger charge is -2.19. The van der Waals surface area contributed by atoms with Crippen LogP contribution in [0.5, 0.6) is 0 Å². The predicted octanol–water partition coefficient (Wildman–Crippen LogP) is 2.54. The molecule has 0 radical (unpaired) electrons. The summed E-state index contributed by atoms with van der Waals surface area (Å²) in [6.45, 7) is 1.85. The fourth-order valence-corrected chi connectivity index (χ4v) is 3.67. The molecule has 7 heteroatoms. The molecule has 2 rings (SSSR count). The third-order valence-corrected chi connectivity index (χ3v) is 6.01. The van der Waals surface area contributed by atoms with Crippen LogP contribution < -0.4 is 9.62 Å². The summed E-state index contributed by atoms with van der Waals surface area (Å²) in [7, 11) is -2.06. The molecular weight excluding hydrogens is 364 g/mol. The zero-order chi connectivity index (χ0) is 19.9. The van der Waals surface area contributed by atoms with E-state index in [0.29, 0.717) is 11.3 Å². The molecule has 0 saturated heterocycles. The van der Waals surface area contributed by atoms with Gasteiger partial charge in [-0.1, -0.05) is 42.5 Å². The van der Waals surface area contributed by atoms with E-state index in [2.05, 4.69) is 5.32 Å². The Hall–Kier alpha value is -2.67. The van der Waals surface area contributed by atoms with Crippen LogP contribution in [-0.4, -0.2) is 39.5 Å². The van der Waals surface area contributed by atoms with Crippen LogP contribution in [0.4, 0.5) is 5.69 Å². The van der Waals surface area contributed by atoms with Crippen molar-refractivity contribution in [2.75, 3.05) is 23.7 Å². The first kappa shape index (κ1) is 20.6. The normalized spacial score (nSPS) is 11.0. The van der Waals surface area contributed by atoms with E-state index in [1.165, 1.54) is 11.4 Å². The number of carbonyl (C=O) groups is 2. The molecule has 6 nitrogen and oxygen atoms in total. The van der Waals surface area contributed by atoms with E-state index in [1.54, 1.807) is 36.4 Å². The Kier molecular flexibility index (Phi) is 7.12. The number of rotatable bonds is 9. The fourth-order valence-electron chi connectivity index (χ4n) is 2.59. The summed E-state index contributed by atoms with van der Waals surface area (Å²) in [6, 6.07) is 16.0. The van der Waals surface area contributed by atoms with Crippen molar-refractivity contribution in [1.82, 2.24) is 5.32 Å². The first-order valence-corrected chi connectivity index (χ1v) is 10.3. The van der Waals surface area contributed by atoms with E-state index in [-0.39, 0.29) is 36.8 Å². The molecular formula is C20H24N2O4S. The van der Waals surface area contributed by atoms with Gasteiger partial charge in [-0.15, -0.1) is 0 Å². The van der Waals surface area contributed by atoms with Gasteiger partial charge < -0.3 is 5.32 Å². The second-order valence-electron chi connectivity index (χ2n) is 6.21. The average molecular weight is 388 g/mol. The molecule has 144 valence electrons. The van der Waals surface area contributed by atoms with Gasteiger partial charge in [-0.25, -0.2) is 8.42 Å². The highest BCUT2D eigenvalue weighted by atomic mass is 32.2. The molecule has 2 aromatic carbocycles. The maximum absolute atomic E-state index is 12.3. The zero-order valence-corrected chi connectivity index (χ0v) is 16.3. The van der Waals surface area contributed by atoms with Crippen molar-refractivity contribution in [1.29, 1.82) is 0 Å². The molecule has 0 atom stereocenters. The molecule has 0 bridgehead atoms. The number of hydrogen-bond acceptors (Lipinski definition) is 4. The Balaban J connectivity index is 1.79. The molecule has 0 aliphatic heterocycles. The maximum atomic E-state index is 12.3. The lowest BCUT2D eigenvalue weighted by Crippen LogP contribution is -2.35. The summed E-state index contributed by atoms with van der Waals surface area (Å²) in [4.78, 5) is 24.1. The van der Waals surface area contributed by atoms with Crippen molar-refractivity contribution >= 4 is 27.4 Å². The maximum Gasteiger partial charge on any atom is 0.236 e. The number of para-hydroxylation sites is 1. The number of benzene rings is 2. The van der Waals surface area contributed by atoms with Crippen molar-refractivity contribution in [2.45, 2.75) is 19.8 Å². The van der Waals surface area contributed by atoms with Gasteiger partial charge in [0, 0.05) is 32.0 Å². The molecule has 2 aromatic rings. The van der Waals surface area contributed by atoms with Crippen LogP contribution in [0.2, 0.25) is 0 Å². The molecule has 1 amide bonds. The standard InChI is InChI=1S/C20H24N2O4S/c1-16-8-6-7-11-18(16)19(23)12-13-20(24)21-14-15-27(25,26)22(2)17-9-4-3-5-10-17/h3-11H,12-15H2,1-2H3,(H,21,24). The van der Waals surface area contributed by atoms with Crippen LogP contribution in [-0.2, 0) is 14.8 Å². The van der Waals surface area contributed by atoms with Crippen molar-refractivity contribution in [2.24, 2.45) is 0 Å². The number of nitrogens with zero attached hydrogens (tertiary/aromatic N) is 1. The number of amides is 1. The zero-order valence-electron chi connectivity index (χ0n) is 15.5. The van der Waals surface area contributed by atoms with Crippen LogP contribution >= 0.6 is 0 Å². The molecule has 0 aliphatic carbocycles. The summed E-state index contributed by atoms with van der Waals surface area (Å²) in [5, 5.41) is 2.57. The van der Waals surface area contributed by atoms with Gasteiger partial charge in [-0.05, 0) is 24.6 Å². The van der Waals surface area contributed by atoms with Gasteiger partial charge in [0.1, 0.15) is 0 Å². The molecule has 1 N–H and O–H groups in total. The number of sulfonamides is 1. The topological polar surface area (TPSA) is 83.5 Å². The second kappa shape index (κ2) is 9.32. The number of ketones is 1. The Morgan fingerprint density at radius 2 is 1.59 bits per heavy atom. The van der Waals surface area contributed by atoms with Gasteiger partial charge in [0.05, 0.1) is 11.4 Å². The lowest BCUT2D eigenvalue weighted by molar-refractivity contribution is -0.120. The van der Waals surface area contributed by atoms with Crippen LogP contribution in [0.25, 0.3) is 0 Å². The van der Waals surface area contributed by atoms with E-state index < -0.39 is 10.0 Å². The van der Waals surface area contributed by atoms with Crippen LogP contribution in [0.1, 0.15) is 28.8 Å². The summed E-state index contributed by atoms with van der Waals surface area (Å²) >= 11 is 0. The first-order valence-electron chi connectivity index (χ1n) is 8.68. The van der Waals surface area contributed by atoms with Gasteiger partial charge in [-0.3, -0.25) is 13.9 Å². The van der Waals surface area contributed by atoms with Crippen LogP contribution in [0, 0.1) is 6.92 Å². The smallest absolute Gasteiger partial charge is 0.236 e. The number of anilines is 1. The summed E-state index contributed by atoms with van der Waals surface area (Å²) in [5.74, 6) is -0.648. The largest absolute Gasteiger partial charge is 0.355 e.